The van der Waals surface area contributed by atoms with E-state index in [1.165, 1.54) is 4.57 Å². The molecule has 1 N–H and O–H groups in total. The first kappa shape index (κ1) is 19.5. The molecule has 0 saturated carbocycles. The third kappa shape index (κ3) is 3.50. The van der Waals surface area contributed by atoms with Gasteiger partial charge in [0.15, 0.2) is 0 Å². The molecule has 0 bridgehead atoms. The highest BCUT2D eigenvalue weighted by atomic mass is 19.4. The number of aromatic nitrogens is 2. The zero-order chi connectivity index (χ0) is 21.6. The largest absolute Gasteiger partial charge is 0.492 e. The fraction of sp³-hybridized carbons (Fsp3) is 0.167. The van der Waals surface area contributed by atoms with Crippen LogP contribution in [0.2, 0.25) is 0 Å². The number of rotatable bonds is 4. The van der Waals surface area contributed by atoms with Gasteiger partial charge in [0.05, 0.1) is 23.1 Å². The molecule has 1 aliphatic rings. The van der Waals surface area contributed by atoms with Gasteiger partial charge in [-0.3, -0.25) is 4.57 Å². The van der Waals surface area contributed by atoms with Crippen LogP contribution in [0.15, 0.2) is 60.7 Å². The van der Waals surface area contributed by atoms with Gasteiger partial charge >= 0.3 is 6.18 Å². The number of para-hydroxylation sites is 2. The van der Waals surface area contributed by atoms with Gasteiger partial charge in [-0.15, -0.1) is 0 Å². The molecule has 1 aliphatic heterocycles. The highest BCUT2D eigenvalue weighted by Crippen LogP contribution is 2.35. The second-order valence-corrected chi connectivity index (χ2v) is 7.35. The van der Waals surface area contributed by atoms with Gasteiger partial charge in [0.25, 0.3) is 0 Å². The smallest absolute Gasteiger partial charge is 0.450 e. The molecular weight excluding hydrogens is 403 g/mol. The van der Waals surface area contributed by atoms with Crippen LogP contribution in [0.3, 0.4) is 0 Å². The second-order valence-electron chi connectivity index (χ2n) is 7.35. The van der Waals surface area contributed by atoms with Crippen molar-refractivity contribution in [1.82, 2.24) is 9.55 Å². The molecule has 0 saturated heterocycles. The predicted molar refractivity (Wildman–Crippen MR) is 112 cm³/mol. The summed E-state index contributed by atoms with van der Waals surface area (Å²) >= 11 is 0. The summed E-state index contributed by atoms with van der Waals surface area (Å²) in [5, 5.41) is 3.33. The molecule has 0 unspecified atom stereocenters. The minimum Gasteiger partial charge on any atom is -0.492 e. The number of anilines is 1. The molecule has 0 aliphatic carbocycles. The van der Waals surface area contributed by atoms with E-state index >= 15 is 0 Å². The Morgan fingerprint density at radius 1 is 1.10 bits per heavy atom. The van der Waals surface area contributed by atoms with Crippen molar-refractivity contribution in [3.63, 3.8) is 0 Å². The summed E-state index contributed by atoms with van der Waals surface area (Å²) in [6, 6.07) is 17.8. The van der Waals surface area contributed by atoms with Gasteiger partial charge in [-0.2, -0.15) is 13.2 Å². The maximum atomic E-state index is 13.8. The summed E-state index contributed by atoms with van der Waals surface area (Å²) in [5.74, 6) is -0.152. The fourth-order valence-corrected chi connectivity index (χ4v) is 3.85. The summed E-state index contributed by atoms with van der Waals surface area (Å²) in [4.78, 5) is 3.86. The first-order chi connectivity index (χ1) is 14.9. The van der Waals surface area contributed by atoms with Crippen LogP contribution in [0.4, 0.5) is 18.9 Å². The molecule has 3 aromatic carbocycles. The van der Waals surface area contributed by atoms with Crippen molar-refractivity contribution < 1.29 is 17.9 Å². The Kier molecular flexibility index (Phi) is 4.61. The molecule has 0 amide bonds. The third-order valence-corrected chi connectivity index (χ3v) is 5.43. The van der Waals surface area contributed by atoms with E-state index in [1.54, 1.807) is 36.4 Å². The lowest BCUT2D eigenvalue weighted by Gasteiger charge is -2.17. The van der Waals surface area contributed by atoms with E-state index in [-0.39, 0.29) is 0 Å². The Bertz CT molecular complexity index is 1280. The normalized spacial score (nSPS) is 13.3. The average molecular weight is 421 g/mol. The summed E-state index contributed by atoms with van der Waals surface area (Å²) < 4.78 is 48.0. The van der Waals surface area contributed by atoms with Gasteiger partial charge in [-0.25, -0.2) is 4.98 Å². The van der Waals surface area contributed by atoms with E-state index in [9.17, 15) is 13.2 Å². The zero-order valence-corrected chi connectivity index (χ0v) is 16.6. The number of nitrogens with one attached hydrogen (secondary N) is 1. The number of nitrogens with zero attached hydrogens (tertiary/aromatic N) is 2. The van der Waals surface area contributed by atoms with Crippen molar-refractivity contribution in [2.75, 3.05) is 11.9 Å². The Morgan fingerprint density at radius 2 is 1.94 bits per heavy atom. The fourth-order valence-electron chi connectivity index (χ4n) is 3.85. The lowest BCUT2D eigenvalue weighted by atomic mass is 10.1. The molecule has 5 rings (SSSR count). The van der Waals surface area contributed by atoms with Crippen LogP contribution in [0.25, 0.3) is 16.7 Å². The van der Waals surface area contributed by atoms with E-state index < -0.39 is 12.0 Å². The zero-order valence-electron chi connectivity index (χ0n) is 16.6. The van der Waals surface area contributed by atoms with Crippen molar-refractivity contribution in [2.24, 2.45) is 0 Å². The molecule has 1 aromatic heterocycles. The predicted octanol–water partition coefficient (Wildman–Crippen LogP) is 5.79. The van der Waals surface area contributed by atoms with E-state index in [2.05, 4.69) is 16.7 Å². The third-order valence-electron chi connectivity index (χ3n) is 5.43. The molecule has 0 fully saturated rings. The van der Waals surface area contributed by atoms with E-state index in [1.807, 2.05) is 31.2 Å². The van der Waals surface area contributed by atoms with Crippen molar-refractivity contribution in [3.05, 3.63) is 89.6 Å². The van der Waals surface area contributed by atoms with Crippen molar-refractivity contribution in [1.29, 1.82) is 0 Å². The molecule has 4 aromatic rings. The lowest BCUT2D eigenvalue weighted by molar-refractivity contribution is -0.145. The number of alkyl halides is 3. The minimum absolute atomic E-state index is 0.310. The molecule has 0 atom stereocenters. The van der Waals surface area contributed by atoms with Crippen LogP contribution in [-0.2, 0) is 12.7 Å². The summed E-state index contributed by atoms with van der Waals surface area (Å²) in [6.07, 6.45) is -1.46. The number of imidazole rings is 1. The number of fused-ring (bicyclic) bond motifs is 2. The van der Waals surface area contributed by atoms with Crippen LogP contribution in [0.1, 0.15) is 22.5 Å². The average Bonchev–Trinajstić information content (AvgIpc) is 3.37. The molecule has 2 heterocycles. The van der Waals surface area contributed by atoms with Gasteiger partial charge in [0, 0.05) is 23.9 Å². The Morgan fingerprint density at radius 3 is 2.77 bits per heavy atom. The van der Waals surface area contributed by atoms with Crippen LogP contribution in [-0.4, -0.2) is 16.2 Å². The molecule has 7 heteroatoms. The first-order valence-electron chi connectivity index (χ1n) is 9.80. The summed E-state index contributed by atoms with van der Waals surface area (Å²) in [5.41, 5.74) is 4.65. The van der Waals surface area contributed by atoms with Gasteiger partial charge in [-0.1, -0.05) is 30.3 Å². The number of ether oxygens (including phenoxy) is 1. The molecule has 31 heavy (non-hydrogen) atoms. The van der Waals surface area contributed by atoms with Gasteiger partial charge in [-0.05, 0) is 42.3 Å². The monoisotopic (exact) mass is 421 g/mol. The summed E-state index contributed by atoms with van der Waals surface area (Å²) in [6.45, 7) is 2.73. The highest BCUT2D eigenvalue weighted by Gasteiger charge is 2.38. The van der Waals surface area contributed by atoms with Crippen LogP contribution in [0.5, 0.6) is 5.75 Å². The van der Waals surface area contributed by atoms with Gasteiger partial charge in [0.1, 0.15) is 12.4 Å². The lowest BCUT2D eigenvalue weighted by Crippen LogP contribution is -2.15. The molecule has 2 radical (unpaired) electrons. The van der Waals surface area contributed by atoms with E-state index in [0.717, 1.165) is 28.1 Å². The van der Waals surface area contributed by atoms with Gasteiger partial charge in [0.2, 0.25) is 5.82 Å². The Balaban J connectivity index is 1.52. The van der Waals surface area contributed by atoms with Gasteiger partial charge < -0.3 is 10.1 Å². The molecule has 156 valence electrons. The maximum Gasteiger partial charge on any atom is 0.450 e. The van der Waals surface area contributed by atoms with Crippen LogP contribution >= 0.6 is 0 Å². The minimum atomic E-state index is -4.57. The van der Waals surface area contributed by atoms with Crippen molar-refractivity contribution in [3.8, 4) is 11.4 Å². The maximum absolute atomic E-state index is 13.8. The van der Waals surface area contributed by atoms with Crippen LogP contribution in [0, 0.1) is 13.3 Å². The van der Waals surface area contributed by atoms with Crippen molar-refractivity contribution >= 4 is 16.7 Å². The quantitative estimate of drug-likeness (QED) is 0.454. The number of halogens is 3. The SMILES string of the molecule is Cc1c(CNc2ccc3c(c2)OC[C]3)cccc1-n1c(C(F)(F)F)nc2ccccc21. The summed E-state index contributed by atoms with van der Waals surface area (Å²) in [7, 11) is 0. The Labute approximate surface area is 177 Å². The highest BCUT2D eigenvalue weighted by molar-refractivity contribution is 5.79. The first-order valence-corrected chi connectivity index (χ1v) is 9.80. The van der Waals surface area contributed by atoms with E-state index in [0.29, 0.717) is 29.9 Å². The Hall–Kier alpha value is -3.48. The molecule has 4 nitrogen and oxygen atoms in total. The van der Waals surface area contributed by atoms with Crippen molar-refractivity contribution in [2.45, 2.75) is 19.6 Å². The molecular formula is C24H18F3N3O. The van der Waals surface area contributed by atoms with E-state index in [4.69, 9.17) is 4.74 Å². The topological polar surface area (TPSA) is 39.1 Å². The van der Waals surface area contributed by atoms with Crippen LogP contribution < -0.4 is 10.1 Å². The number of hydrogen-bond donors (Lipinski definition) is 1. The number of benzene rings is 3. The standard InChI is InChI=1S/C24H18F3N3O/c1-15-17(14-28-18-10-9-16-11-12-31-22(16)13-18)5-4-8-20(15)30-21-7-3-2-6-19(21)29-23(30)24(25,26)27/h2-10,13,28H,12,14H2,1H3. The molecule has 0 spiro atoms. The number of hydrogen-bond acceptors (Lipinski definition) is 3. The second kappa shape index (κ2) is 7.34.